The molecule has 9 nitrogen and oxygen atoms in total. The summed E-state index contributed by atoms with van der Waals surface area (Å²) >= 11 is 5.94. The number of nitrogen functional groups attached to an aromatic ring is 1. The summed E-state index contributed by atoms with van der Waals surface area (Å²) in [5.74, 6) is -1.53. The van der Waals surface area contributed by atoms with Gasteiger partial charge in [0, 0.05) is 28.9 Å². The van der Waals surface area contributed by atoms with E-state index in [1.807, 2.05) is 6.92 Å². The lowest BCUT2D eigenvalue weighted by Crippen LogP contribution is -2.31. The molecule has 0 spiro atoms. The van der Waals surface area contributed by atoms with Crippen molar-refractivity contribution >= 4 is 34.8 Å². The number of hydrogen-bond donors (Lipinski definition) is 4. The molecule has 2 aromatic carbocycles. The van der Waals surface area contributed by atoms with Crippen LogP contribution in [0.4, 0.5) is 15.8 Å². The number of carbonyl (C=O) groups excluding carboxylic acids is 2. The minimum Gasteiger partial charge on any atom is -0.399 e. The van der Waals surface area contributed by atoms with Crippen LogP contribution in [0.3, 0.4) is 0 Å². The number of benzene rings is 2. The van der Waals surface area contributed by atoms with Gasteiger partial charge in [-0.1, -0.05) is 37.1 Å². The second-order valence-corrected chi connectivity index (χ2v) is 10.4. The van der Waals surface area contributed by atoms with Gasteiger partial charge < -0.3 is 21.4 Å². The molecule has 0 fully saturated rings. The third-order valence-electron chi connectivity index (χ3n) is 7.15. The van der Waals surface area contributed by atoms with Crippen molar-refractivity contribution in [2.75, 3.05) is 11.1 Å². The Morgan fingerprint density at radius 1 is 1.18 bits per heavy atom. The number of H-pyrrole nitrogens is 1. The molecule has 2 amide bonds. The molecule has 5 N–H and O–H groups in total. The molecule has 0 radical (unpaired) electrons. The molecule has 40 heavy (non-hydrogen) atoms. The summed E-state index contributed by atoms with van der Waals surface area (Å²) in [5.41, 5.74) is 9.13. The molecule has 4 aromatic rings. The zero-order chi connectivity index (χ0) is 28.6. The Hall–Kier alpha value is -4.44. The van der Waals surface area contributed by atoms with Crippen LogP contribution in [0.15, 0.2) is 59.5 Å². The van der Waals surface area contributed by atoms with Crippen molar-refractivity contribution in [3.63, 3.8) is 0 Å². The molecule has 2 atom stereocenters. The number of nitrogens with two attached hydrogens (primary N) is 1. The molecule has 1 aliphatic heterocycles. The van der Waals surface area contributed by atoms with Crippen LogP contribution >= 0.6 is 11.6 Å². The molecule has 3 heterocycles. The Morgan fingerprint density at radius 3 is 2.77 bits per heavy atom. The molecule has 2 aromatic heterocycles. The fourth-order valence-corrected chi connectivity index (χ4v) is 5.08. The number of carbonyl (C=O) groups is 2. The second kappa shape index (κ2) is 11.0. The van der Waals surface area contributed by atoms with E-state index in [0.29, 0.717) is 53.2 Å². The van der Waals surface area contributed by atoms with Gasteiger partial charge in [0.25, 0.3) is 5.91 Å². The lowest BCUT2D eigenvalue weighted by molar-refractivity contribution is -0.119. The minimum atomic E-state index is -0.642. The highest BCUT2D eigenvalue weighted by molar-refractivity contribution is 6.30. The second-order valence-electron chi connectivity index (χ2n) is 9.97. The van der Waals surface area contributed by atoms with Gasteiger partial charge in [0.15, 0.2) is 5.82 Å². The average Bonchev–Trinajstić information content (AvgIpc) is 3.29. The Morgan fingerprint density at radius 2 is 1.98 bits per heavy atom. The van der Waals surface area contributed by atoms with Crippen LogP contribution < -0.4 is 21.9 Å². The lowest BCUT2D eigenvalue weighted by atomic mass is 9.95. The van der Waals surface area contributed by atoms with Crippen LogP contribution in [0.25, 0.3) is 16.8 Å². The molecule has 2 bridgehead atoms. The zero-order valence-electron chi connectivity index (χ0n) is 21.9. The van der Waals surface area contributed by atoms with Crippen molar-refractivity contribution in [2.45, 2.75) is 39.2 Å². The monoisotopic (exact) mass is 562 g/mol. The first kappa shape index (κ1) is 27.1. The van der Waals surface area contributed by atoms with Crippen molar-refractivity contribution in [3.8, 4) is 16.8 Å². The Kier molecular flexibility index (Phi) is 7.44. The number of halogens is 2. The van der Waals surface area contributed by atoms with E-state index in [9.17, 15) is 18.8 Å². The fourth-order valence-electron chi connectivity index (χ4n) is 4.91. The molecular formula is C29H28ClFN6O3. The van der Waals surface area contributed by atoms with Crippen molar-refractivity contribution in [3.05, 3.63) is 92.9 Å². The van der Waals surface area contributed by atoms with Gasteiger partial charge >= 0.3 is 0 Å². The lowest BCUT2D eigenvalue weighted by Gasteiger charge is -2.22. The maximum atomic E-state index is 14.6. The number of aromatic nitrogens is 3. The molecule has 0 saturated heterocycles. The maximum Gasteiger partial charge on any atom is 0.255 e. The third kappa shape index (κ3) is 5.35. The van der Waals surface area contributed by atoms with Crippen molar-refractivity contribution < 1.29 is 14.0 Å². The van der Waals surface area contributed by atoms with Crippen molar-refractivity contribution in [1.29, 1.82) is 0 Å². The van der Waals surface area contributed by atoms with Gasteiger partial charge in [-0.2, -0.15) is 5.10 Å². The first-order valence-corrected chi connectivity index (χ1v) is 13.2. The quantitative estimate of drug-likeness (QED) is 0.256. The summed E-state index contributed by atoms with van der Waals surface area (Å²) in [6.07, 6.45) is 2.99. The Balaban J connectivity index is 1.52. The number of amides is 2. The summed E-state index contributed by atoms with van der Waals surface area (Å²) in [4.78, 5) is 42.0. The summed E-state index contributed by atoms with van der Waals surface area (Å²) < 4.78 is 16.0. The average molecular weight is 563 g/mol. The Labute approximate surface area is 234 Å². The van der Waals surface area contributed by atoms with E-state index in [1.54, 1.807) is 37.3 Å². The van der Waals surface area contributed by atoms with Gasteiger partial charge in [-0.05, 0) is 55.7 Å². The van der Waals surface area contributed by atoms with Crippen LogP contribution in [0.2, 0.25) is 5.02 Å². The predicted molar refractivity (Wildman–Crippen MR) is 152 cm³/mol. The van der Waals surface area contributed by atoms with Gasteiger partial charge in [0.2, 0.25) is 11.5 Å². The fraction of sp³-hybridized carbons (Fsp3) is 0.241. The molecule has 5 rings (SSSR count). The van der Waals surface area contributed by atoms with Crippen molar-refractivity contribution in [2.24, 2.45) is 5.92 Å². The smallest absolute Gasteiger partial charge is 0.255 e. The van der Waals surface area contributed by atoms with Crippen LogP contribution in [-0.2, 0) is 4.79 Å². The molecule has 0 unspecified atom stereocenters. The summed E-state index contributed by atoms with van der Waals surface area (Å²) in [5, 5.41) is 10.1. The normalized spacial score (nSPS) is 17.2. The molecule has 1 aliphatic rings. The first-order valence-electron chi connectivity index (χ1n) is 12.9. The largest absolute Gasteiger partial charge is 0.399 e. The molecule has 0 aliphatic carbocycles. The molecule has 11 heteroatoms. The number of hydrogen-bond acceptors (Lipinski definition) is 5. The number of fused-ring (bicyclic) bond motifs is 4. The van der Waals surface area contributed by atoms with Gasteiger partial charge in [-0.25, -0.2) is 9.07 Å². The van der Waals surface area contributed by atoms with E-state index < -0.39 is 17.8 Å². The molecule has 0 saturated carbocycles. The van der Waals surface area contributed by atoms with E-state index in [4.69, 9.17) is 17.3 Å². The maximum absolute atomic E-state index is 14.6. The number of rotatable bonds is 3. The summed E-state index contributed by atoms with van der Waals surface area (Å²) in [6, 6.07) is 12.3. The van der Waals surface area contributed by atoms with E-state index in [0.717, 1.165) is 0 Å². The summed E-state index contributed by atoms with van der Waals surface area (Å²) in [7, 11) is 0. The van der Waals surface area contributed by atoms with Gasteiger partial charge in [0.05, 0.1) is 34.2 Å². The number of pyridine rings is 1. The van der Waals surface area contributed by atoms with E-state index in [-0.39, 0.29) is 33.7 Å². The predicted octanol–water partition coefficient (Wildman–Crippen LogP) is 5.14. The number of nitrogens with one attached hydrogen (secondary N) is 3. The highest BCUT2D eigenvalue weighted by Crippen LogP contribution is 2.33. The number of nitrogens with zero attached hydrogens (tertiary/aromatic N) is 2. The van der Waals surface area contributed by atoms with Crippen LogP contribution in [0.5, 0.6) is 0 Å². The van der Waals surface area contributed by atoms with Gasteiger partial charge in [-0.3, -0.25) is 14.4 Å². The van der Waals surface area contributed by atoms with Gasteiger partial charge in [-0.15, -0.1) is 0 Å². The molecular weight excluding hydrogens is 535 g/mol. The van der Waals surface area contributed by atoms with E-state index in [1.165, 1.54) is 29.1 Å². The minimum absolute atomic E-state index is 0.0531. The molecule has 206 valence electrons. The number of aromatic amines is 1. The van der Waals surface area contributed by atoms with Crippen LogP contribution in [-0.4, -0.2) is 26.6 Å². The van der Waals surface area contributed by atoms with Gasteiger partial charge in [0.1, 0.15) is 5.69 Å². The van der Waals surface area contributed by atoms with Crippen LogP contribution in [0.1, 0.15) is 54.0 Å². The number of anilines is 2. The van der Waals surface area contributed by atoms with Crippen LogP contribution in [0, 0.1) is 18.7 Å². The standard InChI is InChI=1S/C29H28ClFN6O3/c1-15-5-3-7-22(35-29(40)20-14-33-37(16(20)2)25-8-4-6-21(30)27(25)31)24-11-17(12-26(38)34-24)19-10-9-18(32)13-23(19)36-28(15)39/h4,6,8-15,22H,3,5,7,32H2,1-2H3,(H,34,38)(H,35,40)(H,36,39)/t15-,22+/m1/s1. The SMILES string of the molecule is Cc1c(C(=O)N[C@H]2CCC[C@@H](C)C(=O)Nc3cc(N)ccc3-c3cc2[nH]c(=O)c3)cnn1-c1cccc(Cl)c1F. The Bertz CT molecular complexity index is 1680. The third-order valence-corrected chi connectivity index (χ3v) is 7.44. The van der Waals surface area contributed by atoms with E-state index >= 15 is 0 Å². The van der Waals surface area contributed by atoms with Crippen molar-refractivity contribution in [1.82, 2.24) is 20.1 Å². The van der Waals surface area contributed by atoms with E-state index in [2.05, 4.69) is 20.7 Å². The topological polar surface area (TPSA) is 135 Å². The highest BCUT2D eigenvalue weighted by atomic mass is 35.5. The highest BCUT2D eigenvalue weighted by Gasteiger charge is 2.24. The first-order chi connectivity index (χ1) is 19.1. The zero-order valence-corrected chi connectivity index (χ0v) is 22.7. The summed E-state index contributed by atoms with van der Waals surface area (Å²) in [6.45, 7) is 3.50.